The van der Waals surface area contributed by atoms with Gasteiger partial charge in [-0.3, -0.25) is 9.59 Å². The number of fused-ring (bicyclic) bond motifs is 2. The molecule has 0 aliphatic carbocycles. The normalized spacial score (nSPS) is 11.7. The Kier molecular flexibility index (Phi) is 4.82. The molecule has 0 fully saturated rings. The van der Waals surface area contributed by atoms with Crippen LogP contribution in [0.25, 0.3) is 21.8 Å². The number of hydrogen-bond acceptors (Lipinski definition) is 3. The lowest BCUT2D eigenvalue weighted by Gasteiger charge is -2.21. The van der Waals surface area contributed by atoms with Gasteiger partial charge < -0.3 is 15.0 Å². The molecule has 152 valence electrons. The number of nitrogens with one attached hydrogen (secondary N) is 1. The van der Waals surface area contributed by atoms with Gasteiger partial charge in [0, 0.05) is 10.8 Å². The molecule has 0 radical (unpaired) electrons. The second kappa shape index (κ2) is 7.34. The summed E-state index contributed by atoms with van der Waals surface area (Å²) in [5.74, 6) is -0.263. The highest BCUT2D eigenvalue weighted by Crippen LogP contribution is 2.31. The number of nitrogens with zero attached hydrogens (tertiary/aromatic N) is 1. The highest BCUT2D eigenvalue weighted by molar-refractivity contribution is 5.97. The molecule has 30 heavy (non-hydrogen) atoms. The lowest BCUT2D eigenvalue weighted by atomic mass is 9.87. The zero-order chi connectivity index (χ0) is 21.5. The summed E-state index contributed by atoms with van der Waals surface area (Å²) in [7, 11) is 0. The number of para-hydroxylation sites is 2. The number of benzene rings is 3. The Morgan fingerprint density at radius 3 is 2.07 bits per heavy atom. The lowest BCUT2D eigenvalue weighted by Crippen LogP contribution is -2.22. The number of phenolic OH excluding ortho intramolecular Hbond substituents is 1. The van der Waals surface area contributed by atoms with E-state index >= 15 is 0 Å². The molecule has 0 spiro atoms. The van der Waals surface area contributed by atoms with Gasteiger partial charge in [0.1, 0.15) is 12.3 Å². The molecule has 1 aromatic heterocycles. The largest absolute Gasteiger partial charge is 0.506 e. The number of carbonyl (C=O) groups is 1. The monoisotopic (exact) mass is 400 g/mol. The predicted molar refractivity (Wildman–Crippen MR) is 121 cm³/mol. The fraction of sp³-hybridized carbons (Fsp3) is 0.200. The third-order valence-corrected chi connectivity index (χ3v) is 5.32. The van der Waals surface area contributed by atoms with E-state index in [0.717, 1.165) is 5.56 Å². The summed E-state index contributed by atoms with van der Waals surface area (Å²) in [5.41, 5.74) is 2.62. The van der Waals surface area contributed by atoms with Crippen molar-refractivity contribution in [3.8, 4) is 5.75 Å². The van der Waals surface area contributed by atoms with Crippen molar-refractivity contribution in [2.45, 2.75) is 32.7 Å². The number of aromatic nitrogens is 1. The van der Waals surface area contributed by atoms with Crippen LogP contribution in [0.15, 0.2) is 71.5 Å². The fourth-order valence-corrected chi connectivity index (χ4v) is 3.68. The lowest BCUT2D eigenvalue weighted by molar-refractivity contribution is -0.116. The van der Waals surface area contributed by atoms with Gasteiger partial charge in [-0.2, -0.15) is 0 Å². The van der Waals surface area contributed by atoms with Crippen LogP contribution in [0.4, 0.5) is 5.69 Å². The Labute approximate surface area is 174 Å². The van der Waals surface area contributed by atoms with Crippen LogP contribution < -0.4 is 10.7 Å². The predicted octanol–water partition coefficient (Wildman–Crippen LogP) is 4.80. The summed E-state index contributed by atoms with van der Waals surface area (Å²) >= 11 is 0. The van der Waals surface area contributed by atoms with Crippen molar-refractivity contribution in [3.05, 3.63) is 82.5 Å². The van der Waals surface area contributed by atoms with Crippen LogP contribution in [-0.2, 0) is 16.8 Å². The first-order valence-corrected chi connectivity index (χ1v) is 9.89. The van der Waals surface area contributed by atoms with E-state index in [1.807, 2.05) is 47.0 Å². The van der Waals surface area contributed by atoms with E-state index in [1.165, 1.54) is 0 Å². The molecular formula is C25H24N2O3. The highest BCUT2D eigenvalue weighted by Gasteiger charge is 2.17. The molecule has 5 heteroatoms. The number of hydrogen-bond donors (Lipinski definition) is 2. The van der Waals surface area contributed by atoms with Gasteiger partial charge in [-0.05, 0) is 47.4 Å². The number of rotatable bonds is 3. The van der Waals surface area contributed by atoms with Crippen molar-refractivity contribution in [3.63, 3.8) is 0 Å². The Morgan fingerprint density at radius 1 is 0.933 bits per heavy atom. The van der Waals surface area contributed by atoms with Gasteiger partial charge >= 0.3 is 0 Å². The topological polar surface area (TPSA) is 71.3 Å². The summed E-state index contributed by atoms with van der Waals surface area (Å²) in [5, 5.41) is 14.2. The summed E-state index contributed by atoms with van der Waals surface area (Å²) < 4.78 is 1.84. The number of carbonyl (C=O) groups excluding carboxylic acids is 1. The van der Waals surface area contributed by atoms with E-state index in [0.29, 0.717) is 27.5 Å². The fourth-order valence-electron chi connectivity index (χ4n) is 3.68. The Morgan fingerprint density at radius 2 is 1.50 bits per heavy atom. The molecule has 0 aliphatic rings. The molecule has 0 saturated heterocycles. The first kappa shape index (κ1) is 19.7. The molecule has 3 aromatic carbocycles. The van der Waals surface area contributed by atoms with Gasteiger partial charge in [0.05, 0.1) is 16.7 Å². The van der Waals surface area contributed by atoms with Crippen LogP contribution in [0, 0.1) is 0 Å². The molecule has 4 rings (SSSR count). The van der Waals surface area contributed by atoms with Crippen LogP contribution in [0.3, 0.4) is 0 Å². The van der Waals surface area contributed by atoms with Gasteiger partial charge in [-0.25, -0.2) is 0 Å². The maximum atomic E-state index is 12.9. The number of amides is 1. The van der Waals surface area contributed by atoms with Gasteiger partial charge in [0.25, 0.3) is 0 Å². The number of aromatic hydroxyl groups is 1. The second-order valence-corrected chi connectivity index (χ2v) is 8.48. The summed E-state index contributed by atoms with van der Waals surface area (Å²) in [6, 6.07) is 19.8. The van der Waals surface area contributed by atoms with Gasteiger partial charge in [0.15, 0.2) is 5.43 Å². The standard InChI is InChI=1S/C25H24N2O3/c1-25(2,3)16-12-13-22(28)19(14-16)26-23(29)15-27-20-10-6-4-8-17(20)24(30)18-9-5-7-11-21(18)27/h4-14,28H,15H2,1-3H3,(H,26,29). The van der Waals surface area contributed by atoms with Crippen LogP contribution in [0.5, 0.6) is 5.75 Å². The van der Waals surface area contributed by atoms with Crippen molar-refractivity contribution in [2.24, 2.45) is 0 Å². The van der Waals surface area contributed by atoms with E-state index < -0.39 is 0 Å². The van der Waals surface area contributed by atoms with E-state index in [1.54, 1.807) is 24.3 Å². The smallest absolute Gasteiger partial charge is 0.244 e. The number of anilines is 1. The average molecular weight is 400 g/mol. The maximum absolute atomic E-state index is 12.9. The summed E-state index contributed by atoms with van der Waals surface area (Å²) in [4.78, 5) is 25.8. The Balaban J connectivity index is 1.76. The zero-order valence-electron chi connectivity index (χ0n) is 17.3. The molecule has 4 aromatic rings. The maximum Gasteiger partial charge on any atom is 0.244 e. The van der Waals surface area contributed by atoms with E-state index in [2.05, 4.69) is 26.1 Å². The second-order valence-electron chi connectivity index (χ2n) is 8.48. The first-order chi connectivity index (χ1) is 14.3. The Bertz CT molecular complexity index is 1270. The number of phenols is 1. The van der Waals surface area contributed by atoms with Crippen molar-refractivity contribution in [1.82, 2.24) is 4.57 Å². The van der Waals surface area contributed by atoms with Crippen LogP contribution in [0.2, 0.25) is 0 Å². The van der Waals surface area contributed by atoms with Crippen LogP contribution in [0.1, 0.15) is 26.3 Å². The molecule has 0 aliphatic heterocycles. The molecule has 1 heterocycles. The SMILES string of the molecule is CC(C)(C)c1ccc(O)c(NC(=O)Cn2c3ccccc3c(=O)c3ccccc32)c1. The molecule has 0 saturated carbocycles. The number of pyridine rings is 1. The first-order valence-electron chi connectivity index (χ1n) is 9.89. The summed E-state index contributed by atoms with van der Waals surface area (Å²) in [6.07, 6.45) is 0. The molecule has 0 atom stereocenters. The molecule has 0 bridgehead atoms. The van der Waals surface area contributed by atoms with Crippen LogP contribution in [-0.4, -0.2) is 15.6 Å². The zero-order valence-corrected chi connectivity index (χ0v) is 17.3. The minimum absolute atomic E-state index is 0.0144. The van der Waals surface area contributed by atoms with Gasteiger partial charge in [-0.15, -0.1) is 0 Å². The van der Waals surface area contributed by atoms with E-state index in [-0.39, 0.29) is 29.0 Å². The minimum atomic E-state index is -0.282. The highest BCUT2D eigenvalue weighted by atomic mass is 16.3. The average Bonchev–Trinajstić information content (AvgIpc) is 2.72. The van der Waals surface area contributed by atoms with E-state index in [4.69, 9.17) is 0 Å². The summed E-state index contributed by atoms with van der Waals surface area (Å²) in [6.45, 7) is 6.23. The van der Waals surface area contributed by atoms with E-state index in [9.17, 15) is 14.7 Å². The van der Waals surface area contributed by atoms with Crippen LogP contribution >= 0.6 is 0 Å². The van der Waals surface area contributed by atoms with Gasteiger partial charge in [0.2, 0.25) is 5.91 Å². The molecular weight excluding hydrogens is 376 g/mol. The Hall–Kier alpha value is -3.60. The molecule has 5 nitrogen and oxygen atoms in total. The van der Waals surface area contributed by atoms with Crippen molar-refractivity contribution in [1.29, 1.82) is 0 Å². The van der Waals surface area contributed by atoms with Crippen molar-refractivity contribution < 1.29 is 9.90 Å². The van der Waals surface area contributed by atoms with Gasteiger partial charge in [-0.1, -0.05) is 51.1 Å². The molecule has 2 N–H and O–H groups in total. The minimum Gasteiger partial charge on any atom is -0.506 e. The molecule has 1 amide bonds. The molecule has 0 unspecified atom stereocenters. The van der Waals surface area contributed by atoms with Crippen molar-refractivity contribution in [2.75, 3.05) is 5.32 Å². The van der Waals surface area contributed by atoms with Crippen molar-refractivity contribution >= 4 is 33.4 Å². The third kappa shape index (κ3) is 3.54. The third-order valence-electron chi connectivity index (χ3n) is 5.32. The quantitative estimate of drug-likeness (QED) is 0.383.